The van der Waals surface area contributed by atoms with Crippen LogP contribution in [-0.4, -0.2) is 11.5 Å². The lowest BCUT2D eigenvalue weighted by Gasteiger charge is -2.18. The number of benzene rings is 3. The van der Waals surface area contributed by atoms with E-state index in [1.54, 1.807) is 24.3 Å². The van der Waals surface area contributed by atoms with E-state index in [2.05, 4.69) is 22.2 Å². The summed E-state index contributed by atoms with van der Waals surface area (Å²) in [5, 5.41) is 6.33. The molecule has 0 atom stereocenters. The van der Waals surface area contributed by atoms with Crippen molar-refractivity contribution in [2.75, 3.05) is 17.2 Å². The highest BCUT2D eigenvalue weighted by Crippen LogP contribution is 2.38. The molecule has 0 aliphatic rings. The fraction of sp³-hybridized carbons (Fsp3) is 0.194. The highest BCUT2D eigenvalue weighted by atomic mass is 19.4. The maximum atomic E-state index is 14.1. The molecule has 7 heteroatoms. The van der Waals surface area contributed by atoms with Gasteiger partial charge in [-0.25, -0.2) is 9.37 Å². The Hall–Kier alpha value is -4.13. The lowest BCUT2D eigenvalue weighted by molar-refractivity contribution is -0.137. The minimum Gasteiger partial charge on any atom is -0.385 e. The van der Waals surface area contributed by atoms with Gasteiger partial charge in [-0.15, -0.1) is 0 Å². The third-order valence-corrected chi connectivity index (χ3v) is 5.59. The maximum Gasteiger partial charge on any atom is 0.417 e. The van der Waals surface area contributed by atoms with Gasteiger partial charge >= 0.3 is 6.18 Å². The number of halogens is 4. The van der Waals surface area contributed by atoms with Crippen molar-refractivity contribution in [3.8, 4) is 22.4 Å². The lowest BCUT2D eigenvalue weighted by Crippen LogP contribution is -2.09. The van der Waals surface area contributed by atoms with Crippen LogP contribution in [0.25, 0.3) is 28.1 Å². The summed E-state index contributed by atoms with van der Waals surface area (Å²) in [6, 6.07) is 22.3. The van der Waals surface area contributed by atoms with E-state index in [0.717, 1.165) is 18.1 Å². The predicted octanol–water partition coefficient (Wildman–Crippen LogP) is 9.50. The third kappa shape index (κ3) is 7.00. The zero-order valence-corrected chi connectivity index (χ0v) is 21.7. The molecule has 0 aliphatic carbocycles. The molecule has 0 unspecified atom stereocenters. The molecule has 0 spiro atoms. The van der Waals surface area contributed by atoms with E-state index in [4.69, 9.17) is 0 Å². The molecule has 0 saturated carbocycles. The fourth-order valence-corrected chi connectivity index (χ4v) is 3.89. The molecule has 0 bridgehead atoms. The molecule has 198 valence electrons. The van der Waals surface area contributed by atoms with Gasteiger partial charge in [0.2, 0.25) is 0 Å². The summed E-state index contributed by atoms with van der Waals surface area (Å²) in [6.07, 6.45) is -3.67. The predicted molar refractivity (Wildman–Crippen MR) is 149 cm³/mol. The first-order valence-corrected chi connectivity index (χ1v) is 12.5. The Morgan fingerprint density at radius 1 is 0.868 bits per heavy atom. The molecular weight excluding hydrogens is 490 g/mol. The Labute approximate surface area is 221 Å². The summed E-state index contributed by atoms with van der Waals surface area (Å²) >= 11 is 0. The largest absolute Gasteiger partial charge is 0.417 e. The molecule has 3 aromatic carbocycles. The molecule has 0 amide bonds. The highest BCUT2D eigenvalue weighted by Gasteiger charge is 2.33. The quantitative estimate of drug-likeness (QED) is 0.227. The topological polar surface area (TPSA) is 37.0 Å². The number of aromatic nitrogens is 1. The number of alkyl halides is 3. The Balaban J connectivity index is 0.00000195. The summed E-state index contributed by atoms with van der Waals surface area (Å²) in [5.41, 5.74) is 2.40. The van der Waals surface area contributed by atoms with E-state index < -0.39 is 17.6 Å². The Morgan fingerprint density at radius 3 is 2.24 bits per heavy atom. The van der Waals surface area contributed by atoms with Crippen molar-refractivity contribution >= 4 is 17.2 Å². The number of hydrogen-bond acceptors (Lipinski definition) is 3. The van der Waals surface area contributed by atoms with Gasteiger partial charge in [0, 0.05) is 29.1 Å². The number of pyridine rings is 1. The normalized spacial score (nSPS) is 10.8. The molecule has 4 aromatic rings. The second-order valence-electron chi connectivity index (χ2n) is 8.26. The molecular formula is C31H31F4N3. The van der Waals surface area contributed by atoms with Gasteiger partial charge in [-0.1, -0.05) is 75.9 Å². The first-order valence-electron chi connectivity index (χ1n) is 12.5. The molecule has 2 N–H and O–H groups in total. The number of anilines is 2. The number of nitrogens with zero attached hydrogens (tertiary/aromatic N) is 1. The van der Waals surface area contributed by atoms with Crippen molar-refractivity contribution in [2.45, 2.75) is 33.4 Å². The molecule has 38 heavy (non-hydrogen) atoms. The monoisotopic (exact) mass is 521 g/mol. The number of nitrogens with one attached hydrogen (secondary N) is 2. The summed E-state index contributed by atoms with van der Waals surface area (Å²) in [7, 11) is 0. The van der Waals surface area contributed by atoms with Gasteiger partial charge in [-0.2, -0.15) is 13.2 Å². The highest BCUT2D eigenvalue weighted by molar-refractivity contribution is 5.84. The molecule has 1 aromatic heterocycles. The lowest BCUT2D eigenvalue weighted by atomic mass is 9.99. The molecule has 0 fully saturated rings. The van der Waals surface area contributed by atoms with E-state index in [1.807, 2.05) is 51.1 Å². The van der Waals surface area contributed by atoms with Crippen LogP contribution in [0.2, 0.25) is 0 Å². The van der Waals surface area contributed by atoms with Gasteiger partial charge < -0.3 is 10.6 Å². The second kappa shape index (κ2) is 12.9. The van der Waals surface area contributed by atoms with Crippen molar-refractivity contribution in [3.05, 3.63) is 108 Å². The van der Waals surface area contributed by atoms with Gasteiger partial charge in [0.15, 0.2) is 0 Å². The fourth-order valence-electron chi connectivity index (χ4n) is 3.89. The van der Waals surface area contributed by atoms with E-state index in [1.165, 1.54) is 24.3 Å². The molecule has 1 heterocycles. The van der Waals surface area contributed by atoms with Crippen molar-refractivity contribution in [1.82, 2.24) is 4.98 Å². The van der Waals surface area contributed by atoms with Crippen molar-refractivity contribution in [1.29, 1.82) is 0 Å². The molecule has 0 aliphatic heterocycles. The Morgan fingerprint density at radius 2 is 1.55 bits per heavy atom. The van der Waals surface area contributed by atoms with Crippen LogP contribution in [0.1, 0.15) is 38.3 Å². The summed E-state index contributed by atoms with van der Waals surface area (Å²) in [5.74, 6) is -0.139. The SMILES string of the molecule is C=C(Nc1cc(-c2ccccc2)cc(-c2ccccc2C(F)(F)F)n1)c1cc(F)ccc1NCCC.CC. The van der Waals surface area contributed by atoms with Crippen molar-refractivity contribution in [3.63, 3.8) is 0 Å². The molecule has 3 nitrogen and oxygen atoms in total. The van der Waals surface area contributed by atoms with E-state index in [-0.39, 0.29) is 11.3 Å². The second-order valence-corrected chi connectivity index (χ2v) is 8.26. The van der Waals surface area contributed by atoms with Crippen LogP contribution in [-0.2, 0) is 6.18 Å². The van der Waals surface area contributed by atoms with Gasteiger partial charge in [0.1, 0.15) is 11.6 Å². The van der Waals surface area contributed by atoms with Gasteiger partial charge in [-0.3, -0.25) is 0 Å². The summed E-state index contributed by atoms with van der Waals surface area (Å²) in [6.45, 7) is 10.8. The van der Waals surface area contributed by atoms with E-state index in [0.29, 0.717) is 34.9 Å². The number of hydrogen-bond donors (Lipinski definition) is 2. The standard InChI is InChI=1S/C29H25F4N3.C2H6/c1-3-15-34-26-14-13-22(30)18-24(26)19(2)35-28-17-21(20-9-5-4-6-10-20)16-27(36-28)23-11-7-8-12-25(23)29(31,32)33;1-2/h4-14,16-18,34H,2-3,15H2,1H3,(H,35,36);1-2H3. The van der Waals surface area contributed by atoms with Crippen molar-refractivity contribution < 1.29 is 17.6 Å². The third-order valence-electron chi connectivity index (χ3n) is 5.59. The first-order chi connectivity index (χ1) is 18.3. The average Bonchev–Trinajstić information content (AvgIpc) is 2.93. The smallest absolute Gasteiger partial charge is 0.385 e. The van der Waals surface area contributed by atoms with E-state index >= 15 is 0 Å². The van der Waals surface area contributed by atoms with Crippen LogP contribution < -0.4 is 10.6 Å². The average molecular weight is 522 g/mol. The minimum atomic E-state index is -4.54. The van der Waals surface area contributed by atoms with Crippen LogP contribution in [0.3, 0.4) is 0 Å². The Bertz CT molecular complexity index is 1370. The first kappa shape index (κ1) is 28.4. The van der Waals surface area contributed by atoms with Gasteiger partial charge in [0.05, 0.1) is 11.3 Å². The zero-order chi connectivity index (χ0) is 27.7. The molecule has 4 rings (SSSR count). The van der Waals surface area contributed by atoms with Crippen LogP contribution >= 0.6 is 0 Å². The molecule has 0 radical (unpaired) electrons. The van der Waals surface area contributed by atoms with E-state index in [9.17, 15) is 17.6 Å². The maximum absolute atomic E-state index is 14.1. The van der Waals surface area contributed by atoms with Crippen LogP contribution in [0.5, 0.6) is 0 Å². The summed E-state index contributed by atoms with van der Waals surface area (Å²) in [4.78, 5) is 4.50. The Kier molecular flexibility index (Phi) is 9.66. The van der Waals surface area contributed by atoms with Crippen molar-refractivity contribution in [2.24, 2.45) is 0 Å². The van der Waals surface area contributed by atoms with Gasteiger partial charge in [0.25, 0.3) is 0 Å². The number of rotatable bonds is 8. The van der Waals surface area contributed by atoms with Crippen LogP contribution in [0.15, 0.2) is 91.5 Å². The molecule has 0 saturated heterocycles. The van der Waals surface area contributed by atoms with Crippen LogP contribution in [0, 0.1) is 5.82 Å². The van der Waals surface area contributed by atoms with Gasteiger partial charge in [-0.05, 0) is 53.9 Å². The minimum absolute atomic E-state index is 0.0347. The van der Waals surface area contributed by atoms with Crippen LogP contribution in [0.4, 0.5) is 29.1 Å². The zero-order valence-electron chi connectivity index (χ0n) is 21.7. The summed E-state index contributed by atoms with van der Waals surface area (Å²) < 4.78 is 55.4.